The van der Waals surface area contributed by atoms with E-state index < -0.39 is 0 Å². The maximum atomic E-state index is 13.1. The fourth-order valence-corrected chi connectivity index (χ4v) is 1.62. The molecule has 0 unspecified atom stereocenters. The number of anilines is 3. The first kappa shape index (κ1) is 12.3. The number of halogens is 1. The Morgan fingerprint density at radius 2 is 2.00 bits per heavy atom. The van der Waals surface area contributed by atoms with Crippen LogP contribution in [0.5, 0.6) is 0 Å². The van der Waals surface area contributed by atoms with Crippen molar-refractivity contribution in [1.29, 1.82) is 0 Å². The Morgan fingerprint density at radius 3 is 2.72 bits per heavy atom. The molecular weight excluding hydrogens is 231 g/mol. The number of rotatable bonds is 4. The summed E-state index contributed by atoms with van der Waals surface area (Å²) in [6, 6.07) is 6.27. The van der Waals surface area contributed by atoms with Gasteiger partial charge in [0, 0.05) is 17.8 Å². The molecule has 4 nitrogen and oxygen atoms in total. The van der Waals surface area contributed by atoms with Crippen LogP contribution in [0, 0.1) is 12.7 Å². The standard InChI is InChI=1S/C13H15FN4/c1-3-15-12-9(2)13(17-8-16-12)18-11-6-4-5-10(14)7-11/h4-8H,3H2,1-2H3,(H2,15,16,17,18). The molecule has 0 aliphatic rings. The molecule has 0 aliphatic carbocycles. The Labute approximate surface area is 105 Å². The molecule has 94 valence electrons. The van der Waals surface area contributed by atoms with Crippen LogP contribution in [0.15, 0.2) is 30.6 Å². The van der Waals surface area contributed by atoms with E-state index in [1.807, 2.05) is 13.8 Å². The molecule has 0 radical (unpaired) electrons. The van der Waals surface area contributed by atoms with Gasteiger partial charge in [-0.1, -0.05) is 6.07 Å². The highest BCUT2D eigenvalue weighted by atomic mass is 19.1. The second-order valence-electron chi connectivity index (χ2n) is 3.86. The van der Waals surface area contributed by atoms with Gasteiger partial charge in [0.05, 0.1) is 0 Å². The molecule has 0 amide bonds. The van der Waals surface area contributed by atoms with E-state index in [1.54, 1.807) is 12.1 Å². The molecule has 5 heteroatoms. The largest absolute Gasteiger partial charge is 0.370 e. The maximum absolute atomic E-state index is 13.1. The molecule has 0 atom stereocenters. The SMILES string of the molecule is CCNc1ncnc(Nc2cccc(F)c2)c1C. The lowest BCUT2D eigenvalue weighted by molar-refractivity contribution is 0.628. The number of benzene rings is 1. The van der Waals surface area contributed by atoms with Crippen molar-refractivity contribution in [3.63, 3.8) is 0 Å². The van der Waals surface area contributed by atoms with Crippen molar-refractivity contribution < 1.29 is 4.39 Å². The van der Waals surface area contributed by atoms with Crippen LogP contribution in [-0.2, 0) is 0 Å². The van der Waals surface area contributed by atoms with Crippen molar-refractivity contribution in [3.8, 4) is 0 Å². The summed E-state index contributed by atoms with van der Waals surface area (Å²) < 4.78 is 13.1. The van der Waals surface area contributed by atoms with Gasteiger partial charge in [0.25, 0.3) is 0 Å². The van der Waals surface area contributed by atoms with Crippen molar-refractivity contribution in [1.82, 2.24) is 9.97 Å². The summed E-state index contributed by atoms with van der Waals surface area (Å²) in [6.07, 6.45) is 1.48. The third kappa shape index (κ3) is 2.74. The summed E-state index contributed by atoms with van der Waals surface area (Å²) in [5.41, 5.74) is 1.57. The van der Waals surface area contributed by atoms with Crippen molar-refractivity contribution >= 4 is 17.3 Å². The van der Waals surface area contributed by atoms with Crippen LogP contribution in [0.2, 0.25) is 0 Å². The fraction of sp³-hybridized carbons (Fsp3) is 0.231. The predicted molar refractivity (Wildman–Crippen MR) is 70.6 cm³/mol. The van der Waals surface area contributed by atoms with E-state index in [4.69, 9.17) is 0 Å². The minimum atomic E-state index is -0.279. The highest BCUT2D eigenvalue weighted by Gasteiger charge is 2.06. The molecule has 0 spiro atoms. The Morgan fingerprint density at radius 1 is 1.22 bits per heavy atom. The minimum absolute atomic E-state index is 0.279. The van der Waals surface area contributed by atoms with Crippen LogP contribution in [-0.4, -0.2) is 16.5 Å². The predicted octanol–water partition coefficient (Wildman–Crippen LogP) is 3.10. The van der Waals surface area contributed by atoms with Gasteiger partial charge < -0.3 is 10.6 Å². The first-order valence-electron chi connectivity index (χ1n) is 5.78. The number of nitrogens with one attached hydrogen (secondary N) is 2. The molecule has 18 heavy (non-hydrogen) atoms. The molecule has 2 N–H and O–H groups in total. The summed E-state index contributed by atoms with van der Waals surface area (Å²) in [5, 5.41) is 6.23. The third-order valence-corrected chi connectivity index (χ3v) is 2.52. The van der Waals surface area contributed by atoms with Gasteiger partial charge in [-0.15, -0.1) is 0 Å². The molecule has 0 saturated heterocycles. The van der Waals surface area contributed by atoms with Gasteiger partial charge >= 0.3 is 0 Å². The number of hydrogen-bond donors (Lipinski definition) is 2. The molecule has 2 aromatic rings. The zero-order valence-corrected chi connectivity index (χ0v) is 10.4. The number of nitrogens with zero attached hydrogens (tertiary/aromatic N) is 2. The Kier molecular flexibility index (Phi) is 3.72. The minimum Gasteiger partial charge on any atom is -0.370 e. The zero-order valence-electron chi connectivity index (χ0n) is 10.4. The second-order valence-corrected chi connectivity index (χ2v) is 3.86. The van der Waals surface area contributed by atoms with Crippen LogP contribution in [0.3, 0.4) is 0 Å². The van der Waals surface area contributed by atoms with E-state index in [9.17, 15) is 4.39 Å². The molecule has 1 aromatic heterocycles. The van der Waals surface area contributed by atoms with E-state index in [1.165, 1.54) is 18.5 Å². The Bertz CT molecular complexity index is 542. The van der Waals surface area contributed by atoms with Crippen LogP contribution in [0.4, 0.5) is 21.7 Å². The average Bonchev–Trinajstić information content (AvgIpc) is 2.35. The first-order valence-corrected chi connectivity index (χ1v) is 5.78. The summed E-state index contributed by atoms with van der Waals surface area (Å²) in [5.74, 6) is 1.18. The van der Waals surface area contributed by atoms with Crippen LogP contribution >= 0.6 is 0 Å². The smallest absolute Gasteiger partial charge is 0.138 e. The van der Waals surface area contributed by atoms with Crippen LogP contribution in [0.25, 0.3) is 0 Å². The van der Waals surface area contributed by atoms with Crippen LogP contribution in [0.1, 0.15) is 12.5 Å². The van der Waals surface area contributed by atoms with Crippen molar-refractivity contribution in [2.75, 3.05) is 17.2 Å². The highest BCUT2D eigenvalue weighted by molar-refractivity contribution is 5.64. The quantitative estimate of drug-likeness (QED) is 0.870. The molecule has 2 rings (SSSR count). The highest BCUT2D eigenvalue weighted by Crippen LogP contribution is 2.22. The van der Waals surface area contributed by atoms with E-state index >= 15 is 0 Å². The van der Waals surface area contributed by atoms with E-state index in [0.29, 0.717) is 11.5 Å². The molecule has 0 saturated carbocycles. The number of hydrogen-bond acceptors (Lipinski definition) is 4. The van der Waals surface area contributed by atoms with Gasteiger partial charge in [-0.25, -0.2) is 14.4 Å². The molecule has 0 bridgehead atoms. The lowest BCUT2D eigenvalue weighted by Crippen LogP contribution is -2.05. The second kappa shape index (κ2) is 5.44. The molecule has 0 aliphatic heterocycles. The summed E-state index contributed by atoms with van der Waals surface area (Å²) in [4.78, 5) is 8.31. The first-order chi connectivity index (χ1) is 8.70. The fourth-order valence-electron chi connectivity index (χ4n) is 1.62. The van der Waals surface area contributed by atoms with E-state index in [2.05, 4.69) is 20.6 Å². The van der Waals surface area contributed by atoms with Crippen LogP contribution < -0.4 is 10.6 Å². The average molecular weight is 246 g/mol. The third-order valence-electron chi connectivity index (χ3n) is 2.52. The van der Waals surface area contributed by atoms with E-state index in [0.717, 1.165) is 17.9 Å². The molecule has 0 fully saturated rings. The lowest BCUT2D eigenvalue weighted by Gasteiger charge is -2.11. The number of aromatic nitrogens is 2. The summed E-state index contributed by atoms with van der Waals surface area (Å²) >= 11 is 0. The van der Waals surface area contributed by atoms with Crippen molar-refractivity contribution in [2.24, 2.45) is 0 Å². The summed E-state index contributed by atoms with van der Waals surface area (Å²) in [7, 11) is 0. The van der Waals surface area contributed by atoms with Gasteiger partial charge in [-0.3, -0.25) is 0 Å². The lowest BCUT2D eigenvalue weighted by atomic mass is 10.2. The summed E-state index contributed by atoms with van der Waals surface area (Å²) in [6.45, 7) is 4.71. The Hall–Kier alpha value is -2.17. The monoisotopic (exact) mass is 246 g/mol. The van der Waals surface area contributed by atoms with Gasteiger partial charge in [0.2, 0.25) is 0 Å². The zero-order chi connectivity index (χ0) is 13.0. The van der Waals surface area contributed by atoms with Gasteiger partial charge in [0.1, 0.15) is 23.8 Å². The normalized spacial score (nSPS) is 10.2. The topological polar surface area (TPSA) is 49.8 Å². The maximum Gasteiger partial charge on any atom is 0.138 e. The van der Waals surface area contributed by atoms with Gasteiger partial charge in [-0.05, 0) is 32.0 Å². The van der Waals surface area contributed by atoms with Gasteiger partial charge in [-0.2, -0.15) is 0 Å². The molecule has 1 heterocycles. The van der Waals surface area contributed by atoms with Crippen molar-refractivity contribution in [2.45, 2.75) is 13.8 Å². The Balaban J connectivity index is 2.26. The van der Waals surface area contributed by atoms with E-state index in [-0.39, 0.29) is 5.82 Å². The molecular formula is C13H15FN4. The molecule has 1 aromatic carbocycles. The van der Waals surface area contributed by atoms with Gasteiger partial charge in [0.15, 0.2) is 0 Å². The van der Waals surface area contributed by atoms with Crippen molar-refractivity contribution in [3.05, 3.63) is 42.0 Å².